The van der Waals surface area contributed by atoms with Crippen LogP contribution in [0.2, 0.25) is 0 Å². The molecule has 31 heavy (non-hydrogen) atoms. The smallest absolute Gasteiger partial charge is 0.277 e. The highest BCUT2D eigenvalue weighted by Crippen LogP contribution is 2.26. The molecule has 156 valence electrons. The number of amides is 2. The van der Waals surface area contributed by atoms with Gasteiger partial charge >= 0.3 is 0 Å². The van der Waals surface area contributed by atoms with Gasteiger partial charge in [0.25, 0.3) is 11.8 Å². The number of carbonyl (C=O) groups excluding carboxylic acids is 2. The minimum absolute atomic E-state index is 0.0847. The first-order chi connectivity index (χ1) is 14.9. The number of rotatable bonds is 6. The Balaban J connectivity index is 1.39. The third-order valence-corrected chi connectivity index (χ3v) is 4.99. The minimum Gasteiger partial charge on any atom is -0.503 e. The monoisotopic (exact) mass is 420 g/mol. The lowest BCUT2D eigenvalue weighted by molar-refractivity contribution is -0.137. The van der Waals surface area contributed by atoms with Gasteiger partial charge in [-0.05, 0) is 23.1 Å². The number of nitrogens with zero attached hydrogens (tertiary/aromatic N) is 1. The van der Waals surface area contributed by atoms with Crippen molar-refractivity contribution in [3.8, 4) is 16.9 Å². The highest BCUT2D eigenvalue weighted by molar-refractivity contribution is 6.17. The second-order valence-corrected chi connectivity index (χ2v) is 7.08. The molecule has 0 atom stereocenters. The normalized spacial score (nSPS) is 13.5. The number of imide groups is 1. The van der Waals surface area contributed by atoms with Crippen LogP contribution in [0.3, 0.4) is 0 Å². The number of hydrogen-bond acceptors (Lipinski definition) is 4. The lowest BCUT2D eigenvalue weighted by Gasteiger charge is -2.15. The Labute approximate surface area is 177 Å². The number of hydrogen-bond donors (Lipinski definition) is 2. The molecule has 0 bridgehead atoms. The van der Waals surface area contributed by atoms with E-state index in [-0.39, 0.29) is 17.9 Å². The molecular weight excluding hydrogens is 402 g/mol. The second kappa shape index (κ2) is 8.39. The van der Waals surface area contributed by atoms with E-state index in [1.54, 1.807) is 0 Å². The Hall–Kier alpha value is -4.00. The Morgan fingerprint density at radius 3 is 2.13 bits per heavy atom. The first-order valence-electron chi connectivity index (χ1n) is 9.59. The lowest BCUT2D eigenvalue weighted by atomic mass is 10.0. The molecule has 3 aromatic carbocycles. The quantitative estimate of drug-likeness (QED) is 0.462. The summed E-state index contributed by atoms with van der Waals surface area (Å²) in [7, 11) is 0. The van der Waals surface area contributed by atoms with Crippen molar-refractivity contribution in [1.29, 1.82) is 0 Å². The summed E-state index contributed by atoms with van der Waals surface area (Å²) in [6.07, 6.45) is 1.56. The predicted octanol–water partition coefficient (Wildman–Crippen LogP) is 4.24. The maximum atomic E-state index is 13.5. The summed E-state index contributed by atoms with van der Waals surface area (Å²) in [6.45, 7) is 0.169. The van der Waals surface area contributed by atoms with Gasteiger partial charge in [-0.3, -0.25) is 14.5 Å². The zero-order valence-corrected chi connectivity index (χ0v) is 16.3. The third kappa shape index (κ3) is 4.30. The number of phenolic OH excluding ortho intramolecular Hbond substituents is 1. The van der Waals surface area contributed by atoms with Crippen LogP contribution in [0.4, 0.5) is 14.5 Å². The molecule has 0 saturated carbocycles. The molecule has 2 N–H and O–H groups in total. The van der Waals surface area contributed by atoms with Gasteiger partial charge in [-0.2, -0.15) is 0 Å². The Morgan fingerprint density at radius 1 is 0.871 bits per heavy atom. The van der Waals surface area contributed by atoms with Crippen LogP contribution >= 0.6 is 0 Å². The molecular formula is C24H18F2N2O3. The molecule has 1 aliphatic rings. The molecule has 0 saturated heterocycles. The molecule has 0 aliphatic carbocycles. The van der Waals surface area contributed by atoms with Crippen molar-refractivity contribution in [3.63, 3.8) is 0 Å². The minimum atomic E-state index is -1.17. The summed E-state index contributed by atoms with van der Waals surface area (Å²) in [6, 6.07) is 19.5. The second-order valence-electron chi connectivity index (χ2n) is 7.08. The topological polar surface area (TPSA) is 69.6 Å². The first-order valence-corrected chi connectivity index (χ1v) is 9.59. The van der Waals surface area contributed by atoms with E-state index in [0.717, 1.165) is 39.8 Å². The highest BCUT2D eigenvalue weighted by Gasteiger charge is 2.31. The zero-order valence-electron chi connectivity index (χ0n) is 16.3. The van der Waals surface area contributed by atoms with E-state index in [4.69, 9.17) is 5.11 Å². The van der Waals surface area contributed by atoms with E-state index >= 15 is 0 Å². The maximum Gasteiger partial charge on any atom is 0.277 e. The maximum absolute atomic E-state index is 13.5. The number of halogens is 2. The number of anilines is 1. The van der Waals surface area contributed by atoms with Gasteiger partial charge in [0.2, 0.25) is 0 Å². The van der Waals surface area contributed by atoms with Crippen molar-refractivity contribution in [2.45, 2.75) is 6.42 Å². The van der Waals surface area contributed by atoms with E-state index in [1.165, 1.54) is 0 Å². The van der Waals surface area contributed by atoms with E-state index in [0.29, 0.717) is 6.42 Å². The van der Waals surface area contributed by atoms with Gasteiger partial charge in [-0.1, -0.05) is 54.6 Å². The molecule has 1 aliphatic heterocycles. The average molecular weight is 420 g/mol. The fraction of sp³-hybridized carbons (Fsp3) is 0.0833. The predicted molar refractivity (Wildman–Crippen MR) is 112 cm³/mol. The Morgan fingerprint density at radius 2 is 1.48 bits per heavy atom. The van der Waals surface area contributed by atoms with E-state index in [1.807, 2.05) is 54.6 Å². The van der Waals surface area contributed by atoms with Crippen LogP contribution in [0, 0.1) is 11.6 Å². The van der Waals surface area contributed by atoms with E-state index in [9.17, 15) is 18.4 Å². The van der Waals surface area contributed by atoms with Crippen LogP contribution in [0.25, 0.3) is 11.1 Å². The van der Waals surface area contributed by atoms with Crippen molar-refractivity contribution in [1.82, 2.24) is 4.90 Å². The molecule has 0 spiro atoms. The average Bonchev–Trinajstić information content (AvgIpc) is 3.04. The van der Waals surface area contributed by atoms with Crippen molar-refractivity contribution >= 4 is 17.5 Å². The summed E-state index contributed by atoms with van der Waals surface area (Å²) in [5, 5.41) is 11.7. The Bertz CT molecular complexity index is 1150. The van der Waals surface area contributed by atoms with Gasteiger partial charge in [0.15, 0.2) is 17.4 Å². The van der Waals surface area contributed by atoms with Crippen LogP contribution in [-0.4, -0.2) is 28.4 Å². The molecule has 4 rings (SSSR count). The van der Waals surface area contributed by atoms with Crippen molar-refractivity contribution < 1.29 is 23.5 Å². The molecule has 0 aromatic heterocycles. The summed E-state index contributed by atoms with van der Waals surface area (Å²) in [5.41, 5.74) is 2.96. The van der Waals surface area contributed by atoms with Gasteiger partial charge in [-0.15, -0.1) is 0 Å². The lowest BCUT2D eigenvalue weighted by Crippen LogP contribution is -2.33. The fourth-order valence-electron chi connectivity index (χ4n) is 3.34. The van der Waals surface area contributed by atoms with E-state index < -0.39 is 29.2 Å². The molecule has 7 heteroatoms. The summed E-state index contributed by atoms with van der Waals surface area (Å²) >= 11 is 0. The third-order valence-electron chi connectivity index (χ3n) is 4.99. The molecule has 0 fully saturated rings. The van der Waals surface area contributed by atoms with Gasteiger partial charge in [0.05, 0.1) is 0 Å². The molecule has 0 radical (unpaired) electrons. The standard InChI is InChI=1S/C24H18F2N2O3/c25-19-12-18(13-20(26)23(19)30)27-21-14-22(29)28(24(21)31)11-10-15-6-8-17(9-7-15)16-4-2-1-3-5-16/h1-9,12-14,27,30H,10-11H2. The zero-order chi connectivity index (χ0) is 22.0. The van der Waals surface area contributed by atoms with Crippen LogP contribution in [0.1, 0.15) is 5.56 Å². The largest absolute Gasteiger partial charge is 0.503 e. The van der Waals surface area contributed by atoms with Gasteiger partial charge in [0, 0.05) is 30.4 Å². The van der Waals surface area contributed by atoms with Gasteiger partial charge < -0.3 is 10.4 Å². The van der Waals surface area contributed by atoms with Crippen LogP contribution < -0.4 is 5.32 Å². The molecule has 2 amide bonds. The molecule has 5 nitrogen and oxygen atoms in total. The Kier molecular flexibility index (Phi) is 5.49. The van der Waals surface area contributed by atoms with Crippen molar-refractivity contribution in [2.75, 3.05) is 11.9 Å². The first kappa shape index (κ1) is 20.3. The number of benzene rings is 3. The summed E-state index contributed by atoms with van der Waals surface area (Å²) in [4.78, 5) is 25.9. The SMILES string of the molecule is O=C1C=C(Nc2cc(F)c(O)c(F)c2)C(=O)N1CCc1ccc(-c2ccccc2)cc1. The number of phenols is 1. The van der Waals surface area contributed by atoms with Crippen molar-refractivity contribution in [3.05, 3.63) is 95.7 Å². The number of aromatic hydroxyl groups is 1. The fourth-order valence-corrected chi connectivity index (χ4v) is 3.34. The molecule has 3 aromatic rings. The van der Waals surface area contributed by atoms with Crippen LogP contribution in [0.5, 0.6) is 5.75 Å². The van der Waals surface area contributed by atoms with Crippen molar-refractivity contribution in [2.24, 2.45) is 0 Å². The summed E-state index contributed by atoms with van der Waals surface area (Å²) < 4.78 is 27.0. The summed E-state index contributed by atoms with van der Waals surface area (Å²) in [5.74, 6) is -4.53. The number of carbonyl (C=O) groups is 2. The molecule has 0 unspecified atom stereocenters. The molecule has 1 heterocycles. The van der Waals surface area contributed by atoms with Gasteiger partial charge in [0.1, 0.15) is 5.70 Å². The van der Waals surface area contributed by atoms with E-state index in [2.05, 4.69) is 5.32 Å². The number of nitrogens with one attached hydrogen (secondary N) is 1. The van der Waals surface area contributed by atoms with Crippen LogP contribution in [0.15, 0.2) is 78.5 Å². The van der Waals surface area contributed by atoms with Gasteiger partial charge in [-0.25, -0.2) is 8.78 Å². The van der Waals surface area contributed by atoms with Crippen LogP contribution in [-0.2, 0) is 16.0 Å². The highest BCUT2D eigenvalue weighted by atomic mass is 19.1.